The topological polar surface area (TPSA) is 52.1 Å². The molecule has 6 nitrogen and oxygen atoms in total. The van der Waals surface area contributed by atoms with Crippen LogP contribution in [-0.4, -0.2) is 80.9 Å². The van der Waals surface area contributed by atoms with Crippen molar-refractivity contribution < 1.29 is 17.9 Å². The molecule has 1 unspecified atom stereocenters. The van der Waals surface area contributed by atoms with E-state index < -0.39 is 12.8 Å². The zero-order valence-electron chi connectivity index (χ0n) is 16.4. The Bertz CT molecular complexity index is 687. The number of fused-ring (bicyclic) bond motifs is 3. The normalized spacial score (nSPS) is 24.9. The van der Waals surface area contributed by atoms with Crippen molar-refractivity contribution in [1.29, 1.82) is 0 Å². The third-order valence-corrected chi connectivity index (χ3v) is 5.18. The highest BCUT2D eigenvalue weighted by Gasteiger charge is 2.31. The van der Waals surface area contributed by atoms with E-state index in [4.69, 9.17) is 4.74 Å². The van der Waals surface area contributed by atoms with Crippen molar-refractivity contribution in [2.75, 3.05) is 52.9 Å². The molecule has 9 heteroatoms. The van der Waals surface area contributed by atoms with Crippen LogP contribution in [0.5, 0.6) is 5.75 Å². The maximum absolute atomic E-state index is 12.5. The van der Waals surface area contributed by atoms with Crippen LogP contribution in [0.3, 0.4) is 0 Å². The van der Waals surface area contributed by atoms with Gasteiger partial charge < -0.3 is 15.4 Å². The monoisotopic (exact) mass is 399 g/mol. The molecule has 3 saturated heterocycles. The van der Waals surface area contributed by atoms with Crippen molar-refractivity contribution in [3.63, 3.8) is 0 Å². The molecular formula is C19H28F3N5O. The molecule has 2 N–H and O–H groups in total. The first-order valence-corrected chi connectivity index (χ1v) is 9.54. The Kier molecular flexibility index (Phi) is 6.66. The van der Waals surface area contributed by atoms with Gasteiger partial charge in [0, 0.05) is 64.5 Å². The summed E-state index contributed by atoms with van der Waals surface area (Å²) in [4.78, 5) is 9.18. The first-order valence-electron chi connectivity index (χ1n) is 9.54. The minimum Gasteiger partial charge on any atom is -0.484 e. The number of piperazine rings is 3. The number of hydrogen-bond donors (Lipinski definition) is 2. The lowest BCUT2D eigenvalue weighted by Gasteiger charge is -2.47. The van der Waals surface area contributed by atoms with Gasteiger partial charge in [-0.15, -0.1) is 0 Å². The fourth-order valence-corrected chi connectivity index (χ4v) is 3.63. The summed E-state index contributed by atoms with van der Waals surface area (Å²) in [5.74, 6) is 0.865. The van der Waals surface area contributed by atoms with Gasteiger partial charge in [-0.2, -0.15) is 13.2 Å². The van der Waals surface area contributed by atoms with E-state index in [2.05, 4.69) is 25.4 Å². The van der Waals surface area contributed by atoms with Gasteiger partial charge in [0.05, 0.1) is 0 Å². The van der Waals surface area contributed by atoms with Crippen LogP contribution in [0, 0.1) is 6.92 Å². The molecule has 2 bridgehead atoms. The van der Waals surface area contributed by atoms with Gasteiger partial charge >= 0.3 is 6.18 Å². The van der Waals surface area contributed by atoms with Gasteiger partial charge in [-0.05, 0) is 18.6 Å². The molecule has 3 aliphatic rings. The lowest BCUT2D eigenvalue weighted by Crippen LogP contribution is -2.63. The second-order valence-electron chi connectivity index (χ2n) is 7.31. The summed E-state index contributed by atoms with van der Waals surface area (Å²) in [6, 6.07) is 5.71. The lowest BCUT2D eigenvalue weighted by molar-refractivity contribution is -0.153. The SMILES string of the molecule is CN=C(NCc1ccc(C)cc1OCC(F)(F)F)NCC1CN2CCN1CC2. The van der Waals surface area contributed by atoms with Crippen LogP contribution in [0.4, 0.5) is 13.2 Å². The van der Waals surface area contributed by atoms with Crippen molar-refractivity contribution in [3.8, 4) is 5.75 Å². The lowest BCUT2D eigenvalue weighted by atomic mass is 10.1. The molecule has 1 aromatic rings. The minimum absolute atomic E-state index is 0.240. The molecule has 0 aliphatic carbocycles. The predicted octanol–water partition coefficient (Wildman–Crippen LogP) is 1.60. The van der Waals surface area contributed by atoms with E-state index in [0.29, 0.717) is 24.1 Å². The number of nitrogens with zero attached hydrogens (tertiary/aromatic N) is 3. The third-order valence-electron chi connectivity index (χ3n) is 5.18. The summed E-state index contributed by atoms with van der Waals surface area (Å²) in [7, 11) is 1.68. The number of nitrogens with one attached hydrogen (secondary N) is 2. The molecule has 0 radical (unpaired) electrons. The van der Waals surface area contributed by atoms with Crippen LogP contribution in [0.2, 0.25) is 0 Å². The predicted molar refractivity (Wildman–Crippen MR) is 103 cm³/mol. The van der Waals surface area contributed by atoms with Crippen molar-refractivity contribution in [3.05, 3.63) is 29.3 Å². The Morgan fingerprint density at radius 3 is 2.57 bits per heavy atom. The number of ether oxygens (including phenoxy) is 1. The summed E-state index contributed by atoms with van der Waals surface area (Å²) in [5, 5.41) is 6.50. The number of hydrogen-bond acceptors (Lipinski definition) is 4. The second kappa shape index (κ2) is 9.00. The maximum atomic E-state index is 12.5. The van der Waals surface area contributed by atoms with Gasteiger partial charge in [-0.25, -0.2) is 0 Å². The molecule has 4 rings (SSSR count). The van der Waals surface area contributed by atoms with Gasteiger partial charge in [-0.3, -0.25) is 14.8 Å². The van der Waals surface area contributed by atoms with Crippen molar-refractivity contribution in [1.82, 2.24) is 20.4 Å². The number of alkyl halides is 3. The molecular weight excluding hydrogens is 371 g/mol. The van der Waals surface area contributed by atoms with Crippen molar-refractivity contribution >= 4 is 5.96 Å². The average molecular weight is 399 g/mol. The summed E-state index contributed by atoms with van der Waals surface area (Å²) >= 11 is 0. The fourth-order valence-electron chi connectivity index (χ4n) is 3.63. The van der Waals surface area contributed by atoms with Gasteiger partial charge in [0.2, 0.25) is 0 Å². The zero-order chi connectivity index (χ0) is 20.1. The van der Waals surface area contributed by atoms with Crippen LogP contribution >= 0.6 is 0 Å². The molecule has 28 heavy (non-hydrogen) atoms. The molecule has 0 spiro atoms. The number of guanidine groups is 1. The van der Waals surface area contributed by atoms with E-state index in [-0.39, 0.29) is 5.75 Å². The van der Waals surface area contributed by atoms with Gasteiger partial charge in [0.15, 0.2) is 12.6 Å². The van der Waals surface area contributed by atoms with E-state index in [9.17, 15) is 13.2 Å². The molecule has 0 aromatic heterocycles. The number of rotatable bonds is 6. The Labute approximate surface area is 163 Å². The summed E-state index contributed by atoms with van der Waals surface area (Å²) in [5.41, 5.74) is 1.50. The quantitative estimate of drug-likeness (QED) is 0.562. The number of benzene rings is 1. The summed E-state index contributed by atoms with van der Waals surface area (Å²) < 4.78 is 42.5. The first kappa shape index (κ1) is 20.7. The Hall–Kier alpha value is -2.00. The highest BCUT2D eigenvalue weighted by atomic mass is 19.4. The Morgan fingerprint density at radius 2 is 1.96 bits per heavy atom. The molecule has 3 fully saturated rings. The van der Waals surface area contributed by atoms with E-state index in [1.165, 1.54) is 0 Å². The van der Waals surface area contributed by atoms with Crippen molar-refractivity contribution in [2.24, 2.45) is 4.99 Å². The van der Waals surface area contributed by atoms with Crippen molar-refractivity contribution in [2.45, 2.75) is 25.7 Å². The van der Waals surface area contributed by atoms with Crippen LogP contribution in [0.15, 0.2) is 23.2 Å². The van der Waals surface area contributed by atoms with E-state index in [1.807, 2.05) is 13.0 Å². The number of halogens is 3. The van der Waals surface area contributed by atoms with Gasteiger partial charge in [0.25, 0.3) is 0 Å². The highest BCUT2D eigenvalue weighted by Crippen LogP contribution is 2.23. The highest BCUT2D eigenvalue weighted by molar-refractivity contribution is 5.79. The first-order chi connectivity index (χ1) is 13.3. The van der Waals surface area contributed by atoms with Gasteiger partial charge in [-0.1, -0.05) is 12.1 Å². The third kappa shape index (κ3) is 5.75. The molecule has 3 aliphatic heterocycles. The number of aliphatic imine (C=N–C) groups is 1. The second-order valence-corrected chi connectivity index (χ2v) is 7.31. The summed E-state index contributed by atoms with van der Waals surface area (Å²) in [6.07, 6.45) is -4.36. The Morgan fingerprint density at radius 1 is 1.21 bits per heavy atom. The van der Waals surface area contributed by atoms with Crippen LogP contribution < -0.4 is 15.4 Å². The molecule has 0 amide bonds. The molecule has 1 aromatic carbocycles. The van der Waals surface area contributed by atoms with E-state index >= 15 is 0 Å². The molecule has 156 valence electrons. The molecule has 3 heterocycles. The van der Waals surface area contributed by atoms with Crippen LogP contribution in [0.25, 0.3) is 0 Å². The standard InChI is InChI=1S/C19H28F3N5O/c1-14-3-4-15(17(9-14)28-13-19(20,21)22)10-24-18(23-2)25-11-16-12-26-5-7-27(16)8-6-26/h3-4,9,16H,5-8,10-13H2,1-2H3,(H2,23,24,25). The molecule has 1 atom stereocenters. The van der Waals surface area contributed by atoms with E-state index in [1.54, 1.807) is 19.2 Å². The largest absolute Gasteiger partial charge is 0.484 e. The molecule has 0 saturated carbocycles. The fraction of sp³-hybridized carbons (Fsp3) is 0.632. The maximum Gasteiger partial charge on any atom is 0.422 e. The average Bonchev–Trinajstić information content (AvgIpc) is 2.68. The Balaban J connectivity index is 1.53. The smallest absolute Gasteiger partial charge is 0.422 e. The minimum atomic E-state index is -4.36. The number of aryl methyl sites for hydroxylation is 1. The van der Waals surface area contributed by atoms with E-state index in [0.717, 1.165) is 44.8 Å². The zero-order valence-corrected chi connectivity index (χ0v) is 16.4. The summed E-state index contributed by atoms with van der Waals surface area (Å²) in [6.45, 7) is 7.15. The van der Waals surface area contributed by atoms with Crippen LogP contribution in [0.1, 0.15) is 11.1 Å². The van der Waals surface area contributed by atoms with Crippen LogP contribution in [-0.2, 0) is 6.54 Å². The van der Waals surface area contributed by atoms with Gasteiger partial charge in [0.1, 0.15) is 5.75 Å².